The van der Waals surface area contributed by atoms with E-state index in [1.807, 2.05) is 0 Å². The van der Waals surface area contributed by atoms with Crippen LogP contribution in [0.2, 0.25) is 0 Å². The Morgan fingerprint density at radius 1 is 0.964 bits per heavy atom. The van der Waals surface area contributed by atoms with E-state index in [0.717, 1.165) is 18.2 Å². The minimum absolute atomic E-state index is 0.0120. The minimum atomic E-state index is -1.10. The van der Waals surface area contributed by atoms with Gasteiger partial charge in [-0.05, 0) is 42.3 Å². The Balaban J connectivity index is 1.90. The molecule has 0 spiro atoms. The number of halogens is 3. The van der Waals surface area contributed by atoms with Crippen molar-refractivity contribution in [3.8, 4) is 5.75 Å². The fourth-order valence-electron chi connectivity index (χ4n) is 2.35. The molecular formula is C20H20F3NO4. The van der Waals surface area contributed by atoms with Crippen LogP contribution in [0.4, 0.5) is 13.2 Å². The Morgan fingerprint density at radius 2 is 1.57 bits per heavy atom. The second-order valence-electron chi connectivity index (χ2n) is 6.26. The second-order valence-corrected chi connectivity index (χ2v) is 6.26. The summed E-state index contributed by atoms with van der Waals surface area (Å²) in [5.41, 5.74) is -0.763. The Kier molecular flexibility index (Phi) is 7.43. The zero-order valence-electron chi connectivity index (χ0n) is 15.4. The van der Waals surface area contributed by atoms with E-state index in [1.165, 1.54) is 24.3 Å². The van der Waals surface area contributed by atoms with E-state index in [2.05, 4.69) is 5.32 Å². The summed E-state index contributed by atoms with van der Waals surface area (Å²) in [5, 5.41) is 2.30. The first kappa shape index (κ1) is 21.3. The maximum Gasteiger partial charge on any atom is 0.329 e. The molecule has 0 aliphatic carbocycles. The number of carbonyl (C=O) groups is 2. The fourth-order valence-corrected chi connectivity index (χ4v) is 2.35. The Morgan fingerprint density at radius 3 is 2.14 bits per heavy atom. The average molecular weight is 395 g/mol. The van der Waals surface area contributed by atoms with E-state index in [-0.39, 0.29) is 19.1 Å². The number of rotatable bonds is 8. The minimum Gasteiger partial charge on any atom is -0.490 e. The lowest BCUT2D eigenvalue weighted by Crippen LogP contribution is -2.46. The average Bonchev–Trinajstić information content (AvgIpc) is 2.64. The van der Waals surface area contributed by atoms with Crippen LogP contribution in [-0.2, 0) is 9.53 Å². The summed E-state index contributed by atoms with van der Waals surface area (Å²) in [5.74, 6) is -4.25. The van der Waals surface area contributed by atoms with Gasteiger partial charge in [0.25, 0.3) is 5.91 Å². The van der Waals surface area contributed by atoms with Crippen LogP contribution in [0, 0.1) is 23.4 Å². The van der Waals surface area contributed by atoms with Crippen LogP contribution in [0.3, 0.4) is 0 Å². The Bertz CT molecular complexity index is 804. The standard InChI is InChI=1S/C20H20F3NO4/c1-12(2)18(24-19(25)17-15(22)4-3-5-16(17)23)20(26)28-11-10-27-14-8-6-13(21)7-9-14/h3-9,12,18H,10-11H2,1-2H3,(H,24,25)/t18-/m0/s1. The van der Waals surface area contributed by atoms with Gasteiger partial charge in [0.2, 0.25) is 0 Å². The predicted octanol–water partition coefficient (Wildman–Crippen LogP) is 3.48. The zero-order chi connectivity index (χ0) is 20.7. The molecule has 2 rings (SSSR count). The van der Waals surface area contributed by atoms with Gasteiger partial charge in [-0.1, -0.05) is 19.9 Å². The van der Waals surface area contributed by atoms with Crippen molar-refractivity contribution in [2.75, 3.05) is 13.2 Å². The highest BCUT2D eigenvalue weighted by molar-refractivity contribution is 5.97. The van der Waals surface area contributed by atoms with E-state index in [4.69, 9.17) is 9.47 Å². The van der Waals surface area contributed by atoms with Gasteiger partial charge in [-0.2, -0.15) is 0 Å². The van der Waals surface area contributed by atoms with Crippen LogP contribution in [0.15, 0.2) is 42.5 Å². The van der Waals surface area contributed by atoms with E-state index >= 15 is 0 Å². The smallest absolute Gasteiger partial charge is 0.329 e. The van der Waals surface area contributed by atoms with Crippen LogP contribution in [0.5, 0.6) is 5.75 Å². The molecule has 2 aromatic rings. The van der Waals surface area contributed by atoms with E-state index in [1.54, 1.807) is 13.8 Å². The lowest BCUT2D eigenvalue weighted by Gasteiger charge is -2.21. The van der Waals surface area contributed by atoms with Crippen molar-refractivity contribution in [2.45, 2.75) is 19.9 Å². The molecule has 5 nitrogen and oxygen atoms in total. The number of hydrogen-bond acceptors (Lipinski definition) is 4. The first-order valence-corrected chi connectivity index (χ1v) is 8.59. The summed E-state index contributed by atoms with van der Waals surface area (Å²) in [6.45, 7) is 3.19. The summed E-state index contributed by atoms with van der Waals surface area (Å²) in [6.07, 6.45) is 0. The molecule has 28 heavy (non-hydrogen) atoms. The van der Waals surface area contributed by atoms with Crippen molar-refractivity contribution in [3.05, 3.63) is 65.5 Å². The molecule has 0 bridgehead atoms. The molecule has 8 heteroatoms. The highest BCUT2D eigenvalue weighted by atomic mass is 19.1. The summed E-state index contributed by atoms with van der Waals surface area (Å²) in [7, 11) is 0. The number of ether oxygens (including phenoxy) is 2. The SMILES string of the molecule is CC(C)[C@H](NC(=O)c1c(F)cccc1F)C(=O)OCCOc1ccc(F)cc1. The first-order chi connectivity index (χ1) is 13.3. The maximum absolute atomic E-state index is 13.7. The van der Waals surface area contributed by atoms with Gasteiger partial charge < -0.3 is 14.8 Å². The van der Waals surface area contributed by atoms with E-state index in [9.17, 15) is 22.8 Å². The molecule has 0 unspecified atom stereocenters. The van der Waals surface area contributed by atoms with Gasteiger partial charge in [0.1, 0.15) is 48.0 Å². The summed E-state index contributed by atoms with van der Waals surface area (Å²) in [4.78, 5) is 24.4. The fraction of sp³-hybridized carbons (Fsp3) is 0.300. The van der Waals surface area contributed by atoms with Gasteiger partial charge >= 0.3 is 5.97 Å². The third-order valence-electron chi connectivity index (χ3n) is 3.81. The van der Waals surface area contributed by atoms with Gasteiger partial charge in [0, 0.05) is 0 Å². The van der Waals surface area contributed by atoms with Gasteiger partial charge in [-0.15, -0.1) is 0 Å². The molecule has 0 aromatic heterocycles. The van der Waals surface area contributed by atoms with Gasteiger partial charge in [-0.3, -0.25) is 4.79 Å². The molecule has 2 aromatic carbocycles. The highest BCUT2D eigenvalue weighted by Crippen LogP contribution is 2.14. The normalized spacial score (nSPS) is 11.8. The first-order valence-electron chi connectivity index (χ1n) is 8.59. The summed E-state index contributed by atoms with van der Waals surface area (Å²) < 4.78 is 50.6. The number of hydrogen-bond donors (Lipinski definition) is 1. The third-order valence-corrected chi connectivity index (χ3v) is 3.81. The van der Waals surface area contributed by atoms with Crippen LogP contribution in [0.25, 0.3) is 0 Å². The predicted molar refractivity (Wildman–Crippen MR) is 95.3 cm³/mol. The van der Waals surface area contributed by atoms with Gasteiger partial charge in [-0.25, -0.2) is 18.0 Å². The Labute approximate surface area is 160 Å². The molecule has 0 saturated heterocycles. The molecule has 1 N–H and O–H groups in total. The molecule has 0 fully saturated rings. The maximum atomic E-state index is 13.7. The third kappa shape index (κ3) is 5.73. The Hall–Kier alpha value is -3.03. The largest absolute Gasteiger partial charge is 0.490 e. The van der Waals surface area contributed by atoms with Crippen molar-refractivity contribution in [1.82, 2.24) is 5.32 Å². The number of carbonyl (C=O) groups excluding carboxylic acids is 2. The van der Waals surface area contributed by atoms with Crippen molar-refractivity contribution in [1.29, 1.82) is 0 Å². The topological polar surface area (TPSA) is 64.6 Å². The van der Waals surface area contributed by atoms with Crippen LogP contribution in [-0.4, -0.2) is 31.1 Å². The molecule has 0 saturated carbocycles. The molecule has 0 radical (unpaired) electrons. The second kappa shape index (κ2) is 9.77. The molecule has 1 atom stereocenters. The quantitative estimate of drug-likeness (QED) is 0.549. The zero-order valence-corrected chi connectivity index (χ0v) is 15.4. The lowest BCUT2D eigenvalue weighted by atomic mass is 10.0. The van der Waals surface area contributed by atoms with Crippen LogP contribution < -0.4 is 10.1 Å². The lowest BCUT2D eigenvalue weighted by molar-refractivity contribution is -0.147. The highest BCUT2D eigenvalue weighted by Gasteiger charge is 2.28. The molecule has 0 aliphatic heterocycles. The van der Waals surface area contributed by atoms with Crippen molar-refractivity contribution < 1.29 is 32.2 Å². The van der Waals surface area contributed by atoms with E-state index in [0.29, 0.717) is 5.75 Å². The molecule has 0 aliphatic rings. The summed E-state index contributed by atoms with van der Waals surface area (Å²) >= 11 is 0. The summed E-state index contributed by atoms with van der Waals surface area (Å²) in [6, 6.07) is 7.25. The van der Waals surface area contributed by atoms with Crippen molar-refractivity contribution >= 4 is 11.9 Å². The molecule has 1 amide bonds. The van der Waals surface area contributed by atoms with Gasteiger partial charge in [0.05, 0.1) is 0 Å². The number of nitrogens with one attached hydrogen (secondary N) is 1. The monoisotopic (exact) mass is 395 g/mol. The van der Waals surface area contributed by atoms with Crippen LogP contribution >= 0.6 is 0 Å². The molecule has 150 valence electrons. The van der Waals surface area contributed by atoms with Crippen molar-refractivity contribution in [3.63, 3.8) is 0 Å². The molecule has 0 heterocycles. The number of esters is 1. The molecular weight excluding hydrogens is 375 g/mol. The number of amides is 1. The number of benzene rings is 2. The van der Waals surface area contributed by atoms with Crippen molar-refractivity contribution in [2.24, 2.45) is 5.92 Å². The van der Waals surface area contributed by atoms with Gasteiger partial charge in [0.15, 0.2) is 0 Å². The van der Waals surface area contributed by atoms with E-state index < -0.39 is 40.9 Å². The van der Waals surface area contributed by atoms with Crippen LogP contribution in [0.1, 0.15) is 24.2 Å².